The van der Waals surface area contributed by atoms with E-state index in [0.717, 1.165) is 16.5 Å². The number of nitrogens with two attached hydrogens (primary N) is 3. The number of H-pyrrole nitrogens is 1. The van der Waals surface area contributed by atoms with E-state index in [2.05, 4.69) is 36.9 Å². The van der Waals surface area contributed by atoms with E-state index in [1.54, 1.807) is 33.9 Å². The second kappa shape index (κ2) is 24.1. The molecule has 0 aliphatic carbocycles. The van der Waals surface area contributed by atoms with E-state index in [0.29, 0.717) is 19.4 Å². The van der Waals surface area contributed by atoms with Gasteiger partial charge in [-0.15, -0.1) is 0 Å². The molecule has 0 saturated heterocycles. The number of unbranched alkanes of at least 4 members (excludes halogenated alkanes) is 1. The lowest BCUT2D eigenvalue weighted by Crippen LogP contribution is -2.61. The zero-order valence-electron chi connectivity index (χ0n) is 34.5. The topological polar surface area (TPSA) is 360 Å². The maximum absolute atomic E-state index is 13.7. The summed E-state index contributed by atoms with van der Waals surface area (Å²) in [6, 6.07) is -2.35. The number of carbonyl (C=O) groups is 9. The molecule has 0 fully saturated rings. The van der Waals surface area contributed by atoms with Crippen LogP contribution in [0.15, 0.2) is 30.5 Å². The van der Waals surface area contributed by atoms with E-state index in [-0.39, 0.29) is 25.2 Å². The Labute approximate surface area is 347 Å². The maximum Gasteiger partial charge on any atom is 0.326 e. The average molecular weight is 845 g/mol. The Balaban J connectivity index is 2.21. The molecule has 1 aromatic carbocycles. The van der Waals surface area contributed by atoms with Crippen LogP contribution in [0, 0.1) is 11.8 Å². The van der Waals surface area contributed by atoms with Gasteiger partial charge in [0.25, 0.3) is 0 Å². The SMILES string of the molecule is CC(C)C[C@H](NC(=O)[C@H](C)NC(=O)[C@H](CC(N)=O)NC(=O)[C@H](CC(=O)O)NC(=O)[C@@H](NC(=O)[C@H](CCCCN)NC(=O)[C@@H](N)Cc1c[nH]c2ccccc12)C(C)C)C(=O)O. The Morgan fingerprint density at radius 3 is 1.83 bits per heavy atom. The van der Waals surface area contributed by atoms with Crippen LogP contribution in [0.2, 0.25) is 0 Å². The number of primary amides is 1. The number of nitrogens with one attached hydrogen (secondary N) is 7. The van der Waals surface area contributed by atoms with Crippen molar-refractivity contribution in [1.82, 2.24) is 36.9 Å². The van der Waals surface area contributed by atoms with Gasteiger partial charge in [0, 0.05) is 17.1 Å². The number of carbonyl (C=O) groups excluding carboxylic acids is 7. The van der Waals surface area contributed by atoms with Crippen LogP contribution in [0.25, 0.3) is 10.9 Å². The second-order valence-electron chi connectivity index (χ2n) is 15.4. The first-order chi connectivity index (χ1) is 28.1. The molecule has 2 rings (SSSR count). The zero-order chi connectivity index (χ0) is 45.3. The van der Waals surface area contributed by atoms with Gasteiger partial charge in [0.05, 0.1) is 18.9 Å². The highest BCUT2D eigenvalue weighted by Gasteiger charge is 2.35. The van der Waals surface area contributed by atoms with E-state index >= 15 is 0 Å². The van der Waals surface area contributed by atoms with Gasteiger partial charge in [0.15, 0.2) is 0 Å². The Morgan fingerprint density at radius 2 is 1.25 bits per heavy atom. The molecule has 15 N–H and O–H groups in total. The lowest BCUT2D eigenvalue weighted by atomic mass is 10.0. The maximum atomic E-state index is 13.7. The quantitative estimate of drug-likeness (QED) is 0.0467. The van der Waals surface area contributed by atoms with Gasteiger partial charge in [0.2, 0.25) is 41.4 Å². The molecule has 0 spiro atoms. The summed E-state index contributed by atoms with van der Waals surface area (Å²) in [6.45, 7) is 8.18. The van der Waals surface area contributed by atoms with E-state index in [1.807, 2.05) is 24.3 Å². The summed E-state index contributed by atoms with van der Waals surface area (Å²) in [5.74, 6) is -10.2. The summed E-state index contributed by atoms with van der Waals surface area (Å²) >= 11 is 0. The Morgan fingerprint density at radius 1 is 0.683 bits per heavy atom. The molecule has 0 saturated carbocycles. The minimum absolute atomic E-state index is 0.0912. The third kappa shape index (κ3) is 16.3. The second-order valence-corrected chi connectivity index (χ2v) is 15.4. The highest BCUT2D eigenvalue weighted by molar-refractivity contribution is 5.99. The normalized spacial score (nSPS) is 14.8. The van der Waals surface area contributed by atoms with Crippen LogP contribution in [-0.4, -0.2) is 117 Å². The van der Waals surface area contributed by atoms with Crippen LogP contribution in [0.5, 0.6) is 0 Å². The predicted molar refractivity (Wildman–Crippen MR) is 218 cm³/mol. The summed E-state index contributed by atoms with van der Waals surface area (Å²) in [5, 5.41) is 34.3. The van der Waals surface area contributed by atoms with Crippen LogP contribution < -0.4 is 49.1 Å². The molecule has 21 nitrogen and oxygen atoms in total. The number of carboxylic acid groups (broad SMARTS) is 2. The summed E-state index contributed by atoms with van der Waals surface area (Å²) in [7, 11) is 0. The standard InChI is InChI=1S/C39H60N10O11/c1-19(2)14-29(39(59)60)48-33(53)21(5)44-36(56)27(16-30(42)50)46-37(57)28(17-31(51)52)47-38(58)32(20(3)4)49-35(55)26(12-8-9-13-40)45-34(54)24(41)15-22-18-43-25-11-7-6-10-23(22)25/h6-7,10-11,18-21,24,26-29,32,43H,8-9,12-17,40-41H2,1-5H3,(H2,42,50)(H,44,56)(H,45,54)(H,46,57)(H,47,58)(H,48,53)(H,49,55)(H,51,52)(H,59,60)/t21-,24-,26-,27-,28-,29-,32-/m0/s1. The Kier molecular flexibility index (Phi) is 20.1. The minimum Gasteiger partial charge on any atom is -0.481 e. The molecule has 0 unspecified atom stereocenters. The number of aromatic nitrogens is 1. The van der Waals surface area contributed by atoms with Crippen molar-refractivity contribution < 1.29 is 53.4 Å². The van der Waals surface area contributed by atoms with Gasteiger partial charge in [-0.3, -0.25) is 38.4 Å². The summed E-state index contributed by atoms with van der Waals surface area (Å²) in [4.78, 5) is 119. The van der Waals surface area contributed by atoms with Gasteiger partial charge in [-0.25, -0.2) is 4.79 Å². The molecule has 0 bridgehead atoms. The molecule has 2 aromatic rings. The lowest BCUT2D eigenvalue weighted by Gasteiger charge is -2.28. The molecular weight excluding hydrogens is 784 g/mol. The fourth-order valence-electron chi connectivity index (χ4n) is 6.16. The van der Waals surface area contributed by atoms with Crippen LogP contribution >= 0.6 is 0 Å². The molecule has 1 aromatic heterocycles. The number of hydrogen-bond acceptors (Lipinski definition) is 11. The number of hydrogen-bond donors (Lipinski definition) is 12. The van der Waals surface area contributed by atoms with Gasteiger partial charge in [-0.05, 0) is 69.0 Å². The summed E-state index contributed by atoms with van der Waals surface area (Å²) < 4.78 is 0. The number of carboxylic acids is 2. The summed E-state index contributed by atoms with van der Waals surface area (Å²) in [5.41, 5.74) is 18.9. The number of aliphatic carboxylic acids is 2. The van der Waals surface area contributed by atoms with Crippen molar-refractivity contribution in [3.63, 3.8) is 0 Å². The average Bonchev–Trinajstić information content (AvgIpc) is 3.56. The molecule has 0 aliphatic rings. The van der Waals surface area contributed by atoms with Crippen molar-refractivity contribution in [2.24, 2.45) is 29.0 Å². The zero-order valence-corrected chi connectivity index (χ0v) is 34.5. The molecule has 0 radical (unpaired) electrons. The van der Waals surface area contributed by atoms with Crippen molar-refractivity contribution >= 4 is 64.2 Å². The minimum atomic E-state index is -1.85. The highest BCUT2D eigenvalue weighted by atomic mass is 16.4. The number of fused-ring (bicyclic) bond motifs is 1. The Hall–Kier alpha value is -6.09. The van der Waals surface area contributed by atoms with Gasteiger partial charge in [-0.2, -0.15) is 0 Å². The van der Waals surface area contributed by atoms with E-state index in [9.17, 15) is 53.4 Å². The highest BCUT2D eigenvalue weighted by Crippen LogP contribution is 2.19. The largest absolute Gasteiger partial charge is 0.481 e. The number of benzene rings is 1. The monoisotopic (exact) mass is 844 g/mol. The van der Waals surface area contributed by atoms with Crippen molar-refractivity contribution in [1.29, 1.82) is 0 Å². The molecule has 0 aliphatic heterocycles. The van der Waals surface area contributed by atoms with Crippen molar-refractivity contribution in [2.75, 3.05) is 6.54 Å². The number of para-hydroxylation sites is 1. The molecule has 21 heteroatoms. The first kappa shape index (κ1) is 50.1. The van der Waals surface area contributed by atoms with E-state index in [4.69, 9.17) is 17.2 Å². The van der Waals surface area contributed by atoms with E-state index in [1.165, 1.54) is 6.92 Å². The Bertz CT molecular complexity index is 1850. The van der Waals surface area contributed by atoms with Gasteiger partial charge < -0.3 is 64.3 Å². The molecule has 60 heavy (non-hydrogen) atoms. The number of amides is 7. The number of rotatable bonds is 26. The van der Waals surface area contributed by atoms with Gasteiger partial charge >= 0.3 is 11.9 Å². The molecule has 7 atom stereocenters. The van der Waals surface area contributed by atoms with Crippen LogP contribution in [0.3, 0.4) is 0 Å². The first-order valence-corrected chi connectivity index (χ1v) is 19.7. The van der Waals surface area contributed by atoms with Gasteiger partial charge in [-0.1, -0.05) is 45.9 Å². The van der Waals surface area contributed by atoms with Crippen molar-refractivity contribution in [3.8, 4) is 0 Å². The van der Waals surface area contributed by atoms with Crippen LogP contribution in [-0.2, 0) is 49.6 Å². The third-order valence-electron chi connectivity index (χ3n) is 9.40. The first-order valence-electron chi connectivity index (χ1n) is 19.7. The molecule has 332 valence electrons. The number of aromatic amines is 1. The smallest absolute Gasteiger partial charge is 0.326 e. The lowest BCUT2D eigenvalue weighted by molar-refractivity contribution is -0.142. The molecule has 7 amide bonds. The molecule has 1 heterocycles. The van der Waals surface area contributed by atoms with Crippen LogP contribution in [0.4, 0.5) is 0 Å². The van der Waals surface area contributed by atoms with Crippen molar-refractivity contribution in [2.45, 2.75) is 122 Å². The molecular formula is C39H60N10O11. The summed E-state index contributed by atoms with van der Waals surface area (Å²) in [6.07, 6.45) is 1.26. The fraction of sp³-hybridized carbons (Fsp3) is 0.564. The van der Waals surface area contributed by atoms with Gasteiger partial charge in [0.1, 0.15) is 36.3 Å². The fourth-order valence-corrected chi connectivity index (χ4v) is 6.16. The third-order valence-corrected chi connectivity index (χ3v) is 9.40. The van der Waals surface area contributed by atoms with Crippen LogP contribution in [0.1, 0.15) is 78.7 Å². The van der Waals surface area contributed by atoms with E-state index < -0.39 is 114 Å². The van der Waals surface area contributed by atoms with Crippen molar-refractivity contribution in [3.05, 3.63) is 36.0 Å². The predicted octanol–water partition coefficient (Wildman–Crippen LogP) is -1.77.